The lowest BCUT2D eigenvalue weighted by atomic mass is 9.98. The standard InChI is InChI=1S/C12H23N3O/c1-9(2)6-11-12(16)15-5-4-14(3)8-10(15)7-13-11/h9-11,13H,4-8H2,1-3H3. The molecule has 16 heavy (non-hydrogen) atoms. The lowest BCUT2D eigenvalue weighted by Crippen LogP contribution is -2.66. The van der Waals surface area contributed by atoms with E-state index in [0.717, 1.165) is 32.6 Å². The fourth-order valence-electron chi connectivity index (χ4n) is 2.70. The Balaban J connectivity index is 1.98. The van der Waals surface area contributed by atoms with Gasteiger partial charge >= 0.3 is 0 Å². The van der Waals surface area contributed by atoms with Crippen LogP contribution in [0.2, 0.25) is 0 Å². The van der Waals surface area contributed by atoms with E-state index in [1.807, 2.05) is 0 Å². The van der Waals surface area contributed by atoms with E-state index in [0.29, 0.717) is 17.9 Å². The Morgan fingerprint density at radius 2 is 2.19 bits per heavy atom. The van der Waals surface area contributed by atoms with Gasteiger partial charge in [-0.2, -0.15) is 0 Å². The third-order valence-corrected chi connectivity index (χ3v) is 3.57. The number of amides is 1. The van der Waals surface area contributed by atoms with Crippen LogP contribution in [0.1, 0.15) is 20.3 Å². The zero-order valence-corrected chi connectivity index (χ0v) is 10.6. The Morgan fingerprint density at radius 1 is 1.44 bits per heavy atom. The van der Waals surface area contributed by atoms with Crippen LogP contribution in [-0.2, 0) is 4.79 Å². The highest BCUT2D eigenvalue weighted by atomic mass is 16.2. The molecule has 2 rings (SSSR count). The second kappa shape index (κ2) is 4.72. The van der Waals surface area contributed by atoms with Gasteiger partial charge in [0.15, 0.2) is 0 Å². The molecule has 4 nitrogen and oxygen atoms in total. The fourth-order valence-corrected chi connectivity index (χ4v) is 2.70. The molecule has 2 fully saturated rings. The molecule has 0 aromatic heterocycles. The molecule has 0 radical (unpaired) electrons. The molecule has 0 aromatic carbocycles. The van der Waals surface area contributed by atoms with Crippen LogP contribution in [0.3, 0.4) is 0 Å². The highest BCUT2D eigenvalue weighted by molar-refractivity contribution is 5.83. The number of piperazine rings is 2. The molecule has 1 N–H and O–H groups in total. The van der Waals surface area contributed by atoms with Crippen LogP contribution in [0.5, 0.6) is 0 Å². The summed E-state index contributed by atoms with van der Waals surface area (Å²) in [6.45, 7) is 8.21. The topological polar surface area (TPSA) is 35.6 Å². The Labute approximate surface area is 98.0 Å². The number of likely N-dealkylation sites (N-methyl/N-ethyl adjacent to an activating group) is 1. The molecule has 2 unspecified atom stereocenters. The summed E-state index contributed by atoms with van der Waals surface area (Å²) >= 11 is 0. The van der Waals surface area contributed by atoms with Crippen molar-refractivity contribution in [2.75, 3.05) is 33.2 Å². The molecule has 92 valence electrons. The van der Waals surface area contributed by atoms with Crippen LogP contribution >= 0.6 is 0 Å². The van der Waals surface area contributed by atoms with Gasteiger partial charge in [-0.3, -0.25) is 4.79 Å². The van der Waals surface area contributed by atoms with Crippen LogP contribution in [0.25, 0.3) is 0 Å². The van der Waals surface area contributed by atoms with Crippen molar-refractivity contribution in [3.05, 3.63) is 0 Å². The number of nitrogens with zero attached hydrogens (tertiary/aromatic N) is 2. The van der Waals surface area contributed by atoms with Gasteiger partial charge in [-0.25, -0.2) is 0 Å². The van der Waals surface area contributed by atoms with Gasteiger partial charge in [0.1, 0.15) is 0 Å². The summed E-state index contributed by atoms with van der Waals surface area (Å²) in [5, 5.41) is 3.40. The molecular formula is C12H23N3O. The van der Waals surface area contributed by atoms with Gasteiger partial charge in [-0.15, -0.1) is 0 Å². The van der Waals surface area contributed by atoms with Crippen molar-refractivity contribution >= 4 is 5.91 Å². The van der Waals surface area contributed by atoms with Crippen molar-refractivity contribution in [3.8, 4) is 0 Å². The van der Waals surface area contributed by atoms with Gasteiger partial charge in [-0.1, -0.05) is 13.8 Å². The number of carbonyl (C=O) groups is 1. The van der Waals surface area contributed by atoms with E-state index >= 15 is 0 Å². The zero-order chi connectivity index (χ0) is 11.7. The molecule has 0 aromatic rings. The van der Waals surface area contributed by atoms with Crippen molar-refractivity contribution in [3.63, 3.8) is 0 Å². The highest BCUT2D eigenvalue weighted by Gasteiger charge is 2.37. The number of carbonyl (C=O) groups excluding carboxylic acids is 1. The van der Waals surface area contributed by atoms with Crippen LogP contribution in [0.15, 0.2) is 0 Å². The average Bonchev–Trinajstić information content (AvgIpc) is 2.22. The molecule has 0 bridgehead atoms. The van der Waals surface area contributed by atoms with Crippen molar-refractivity contribution < 1.29 is 4.79 Å². The predicted molar refractivity (Wildman–Crippen MR) is 64.2 cm³/mol. The van der Waals surface area contributed by atoms with Gasteiger partial charge in [0, 0.05) is 26.2 Å². The molecule has 2 saturated heterocycles. The van der Waals surface area contributed by atoms with E-state index < -0.39 is 0 Å². The minimum atomic E-state index is 0.0552. The summed E-state index contributed by atoms with van der Waals surface area (Å²) in [5.74, 6) is 0.892. The van der Waals surface area contributed by atoms with Gasteiger partial charge in [-0.05, 0) is 19.4 Å². The summed E-state index contributed by atoms with van der Waals surface area (Å²) in [7, 11) is 2.13. The minimum absolute atomic E-state index is 0.0552. The largest absolute Gasteiger partial charge is 0.335 e. The molecule has 0 aliphatic carbocycles. The predicted octanol–water partition coefficient (Wildman–Crippen LogP) is 0.147. The van der Waals surface area contributed by atoms with Gasteiger partial charge in [0.25, 0.3) is 0 Å². The van der Waals surface area contributed by atoms with Crippen molar-refractivity contribution in [1.82, 2.24) is 15.1 Å². The monoisotopic (exact) mass is 225 g/mol. The summed E-state index contributed by atoms with van der Waals surface area (Å²) in [6, 6.07) is 0.439. The first kappa shape index (κ1) is 11.9. The number of rotatable bonds is 2. The first-order valence-electron chi connectivity index (χ1n) is 6.30. The summed E-state index contributed by atoms with van der Waals surface area (Å²) in [5.41, 5.74) is 0. The summed E-state index contributed by atoms with van der Waals surface area (Å²) in [4.78, 5) is 16.6. The molecule has 1 amide bonds. The Bertz CT molecular complexity index is 267. The molecule has 2 atom stereocenters. The highest BCUT2D eigenvalue weighted by Crippen LogP contribution is 2.17. The molecule has 4 heteroatoms. The second-order valence-electron chi connectivity index (χ2n) is 5.54. The Hall–Kier alpha value is -0.610. The number of fused-ring (bicyclic) bond motifs is 1. The lowest BCUT2D eigenvalue weighted by Gasteiger charge is -2.45. The van der Waals surface area contributed by atoms with Crippen LogP contribution in [0.4, 0.5) is 0 Å². The van der Waals surface area contributed by atoms with Gasteiger partial charge in [0.05, 0.1) is 12.1 Å². The second-order valence-corrected chi connectivity index (χ2v) is 5.54. The third kappa shape index (κ3) is 2.38. The third-order valence-electron chi connectivity index (χ3n) is 3.57. The molecule has 0 spiro atoms. The number of hydrogen-bond acceptors (Lipinski definition) is 3. The van der Waals surface area contributed by atoms with E-state index in [1.54, 1.807) is 0 Å². The molecular weight excluding hydrogens is 202 g/mol. The van der Waals surface area contributed by atoms with Gasteiger partial charge in [0.2, 0.25) is 5.91 Å². The molecule has 2 heterocycles. The maximum atomic E-state index is 12.2. The summed E-state index contributed by atoms with van der Waals surface area (Å²) < 4.78 is 0. The number of hydrogen-bond donors (Lipinski definition) is 1. The zero-order valence-electron chi connectivity index (χ0n) is 10.6. The lowest BCUT2D eigenvalue weighted by molar-refractivity contribution is -0.142. The van der Waals surface area contributed by atoms with Crippen molar-refractivity contribution in [1.29, 1.82) is 0 Å². The van der Waals surface area contributed by atoms with Crippen LogP contribution in [0, 0.1) is 5.92 Å². The smallest absolute Gasteiger partial charge is 0.240 e. The Kier molecular flexibility index (Phi) is 3.50. The molecule has 2 aliphatic rings. The molecule has 0 saturated carbocycles. The van der Waals surface area contributed by atoms with Crippen molar-refractivity contribution in [2.45, 2.75) is 32.4 Å². The van der Waals surface area contributed by atoms with Crippen LogP contribution < -0.4 is 5.32 Å². The number of nitrogens with one attached hydrogen (secondary N) is 1. The maximum Gasteiger partial charge on any atom is 0.240 e. The first-order valence-corrected chi connectivity index (χ1v) is 6.30. The average molecular weight is 225 g/mol. The van der Waals surface area contributed by atoms with E-state index in [4.69, 9.17) is 0 Å². The van der Waals surface area contributed by atoms with Gasteiger partial charge < -0.3 is 15.1 Å². The molecule has 2 aliphatic heterocycles. The summed E-state index contributed by atoms with van der Waals surface area (Å²) in [6.07, 6.45) is 0.956. The van der Waals surface area contributed by atoms with Crippen LogP contribution in [-0.4, -0.2) is 61.0 Å². The van der Waals surface area contributed by atoms with E-state index in [-0.39, 0.29) is 6.04 Å². The Morgan fingerprint density at radius 3 is 2.88 bits per heavy atom. The van der Waals surface area contributed by atoms with E-state index in [1.165, 1.54) is 0 Å². The maximum absolute atomic E-state index is 12.2. The fraction of sp³-hybridized carbons (Fsp3) is 0.917. The normalized spacial score (nSPS) is 32.0. The minimum Gasteiger partial charge on any atom is -0.335 e. The quantitative estimate of drug-likeness (QED) is 0.726. The van der Waals surface area contributed by atoms with E-state index in [2.05, 4.69) is 36.0 Å². The first-order chi connectivity index (χ1) is 7.58. The van der Waals surface area contributed by atoms with Crippen molar-refractivity contribution in [2.24, 2.45) is 5.92 Å². The van der Waals surface area contributed by atoms with E-state index in [9.17, 15) is 4.79 Å². The SMILES string of the molecule is CC(C)CC1NCC2CN(C)CCN2C1=O.